The van der Waals surface area contributed by atoms with E-state index in [1.54, 1.807) is 22.5 Å². The number of carbonyl (C=O) groups is 6. The standard InChI is InChI=1S/2C27H30F3NO2.C24H27F3N2O4S.C23H26F3N3O3S/c2*1-25(33,27(28,29)30)20-8-6-19(7-9-20)24(32)31(21-10-11-21)22-13-16-26(17-14-22)15-12-18-4-2-3-5-23(18)26;1-22(32,24(25,26)27)15-4-2-14(3-5-15)21(31)29(16-6-7-16)17-10-12-23(33,13-11-17)19-9-8-18(34-19)20(28)30;1-21(32,23(24,25)26)15-4-2-14(3-5-15)19(30)29(16-6-7-16)17-8-10-22(11-9-17,20(27)31)18-12-33-13-28-18/h2*2-9,21-22,33H,10-17H2,1H3;2-5,8-9,16-17,32-33H,6-7,10-13H2,1H3,(H2,28,30);2-5,12-13,16-17,32H,6-11H2,1H3,(H2,27,31)/t2*22?,25-,26?;17?,22-,23?;17?,21-,22?/m0000/s1. The topological polar surface area (TPSA) is 281 Å². The van der Waals surface area contributed by atoms with E-state index in [4.69, 9.17) is 11.5 Å². The first-order chi connectivity index (χ1) is 62.5. The maximum absolute atomic E-state index is 13.4. The van der Waals surface area contributed by atoms with Crippen molar-refractivity contribution in [3.63, 3.8) is 0 Å². The number of alkyl halides is 12. The molecule has 0 saturated heterocycles. The van der Waals surface area contributed by atoms with Gasteiger partial charge in [0.05, 0.1) is 27.1 Å². The fourth-order valence-corrected chi connectivity index (χ4v) is 22.8. The molecule has 4 atom stereocenters. The predicted octanol–water partition coefficient (Wildman–Crippen LogP) is 19.7. The molecule has 714 valence electrons. The van der Waals surface area contributed by atoms with Crippen molar-refractivity contribution in [2.45, 2.75) is 325 Å². The summed E-state index contributed by atoms with van der Waals surface area (Å²) in [6.45, 7) is 2.85. The zero-order valence-corrected chi connectivity index (χ0v) is 76.1. The van der Waals surface area contributed by atoms with E-state index in [0.717, 1.165) is 154 Å². The van der Waals surface area contributed by atoms with Crippen LogP contribution in [0.15, 0.2) is 169 Å². The zero-order chi connectivity index (χ0) is 95.8. The maximum Gasteiger partial charge on any atom is 0.421 e. The summed E-state index contributed by atoms with van der Waals surface area (Å²) in [5.74, 6) is -1.68. The molecule has 18 nitrogen and oxygen atoms in total. The van der Waals surface area contributed by atoms with Crippen LogP contribution in [0.4, 0.5) is 52.7 Å². The highest BCUT2D eigenvalue weighted by Gasteiger charge is 2.57. The lowest BCUT2D eigenvalue weighted by atomic mass is 9.68. The lowest BCUT2D eigenvalue weighted by molar-refractivity contribution is -0.259. The average Bonchev–Trinajstić information content (AvgIpc) is 1.62. The minimum atomic E-state index is -4.84. The molecular formula is C101H113F12N7O11S2. The second-order valence-electron chi connectivity index (χ2n) is 39.0. The molecule has 0 unspecified atom stereocenters. The molecule has 6 amide bonds. The highest BCUT2D eigenvalue weighted by Crippen LogP contribution is 2.55. The lowest BCUT2D eigenvalue weighted by Gasteiger charge is -2.42. The first kappa shape index (κ1) is 98.0. The van der Waals surface area contributed by atoms with Gasteiger partial charge < -0.3 is 56.6 Å². The van der Waals surface area contributed by atoms with Gasteiger partial charge >= 0.3 is 24.7 Å². The van der Waals surface area contributed by atoms with Crippen LogP contribution in [0.3, 0.4) is 0 Å². The van der Waals surface area contributed by atoms with Gasteiger partial charge in [-0.15, -0.1) is 22.7 Å². The summed E-state index contributed by atoms with van der Waals surface area (Å²) in [5, 5.41) is 52.6. The Balaban J connectivity index is 0.000000135. The first-order valence-electron chi connectivity index (χ1n) is 45.9. The number of thiazole rings is 1. The van der Waals surface area contributed by atoms with Crippen molar-refractivity contribution in [1.29, 1.82) is 0 Å². The van der Waals surface area contributed by atoms with Crippen molar-refractivity contribution in [3.05, 3.63) is 251 Å². The van der Waals surface area contributed by atoms with Gasteiger partial charge in [0, 0.05) is 80.8 Å². The van der Waals surface area contributed by atoms with Crippen molar-refractivity contribution in [3.8, 4) is 0 Å². The van der Waals surface area contributed by atoms with Gasteiger partial charge in [0.15, 0.2) is 22.4 Å². The second kappa shape index (κ2) is 37.2. The van der Waals surface area contributed by atoms with E-state index in [1.807, 2.05) is 20.1 Å². The van der Waals surface area contributed by atoms with E-state index in [0.29, 0.717) is 91.8 Å². The number of carbonyl (C=O) groups excluding carboxylic acids is 6. The van der Waals surface area contributed by atoms with Crippen LogP contribution in [0.5, 0.6) is 0 Å². The average molecular weight is 1890 g/mol. The molecule has 10 aliphatic rings. The number of rotatable bonds is 20. The Morgan fingerprint density at radius 3 is 0.880 bits per heavy atom. The minimum absolute atomic E-state index is 0.0739. The summed E-state index contributed by atoms with van der Waals surface area (Å²) in [5.41, 5.74) is 6.11. The molecule has 8 saturated carbocycles. The lowest BCUT2D eigenvalue weighted by Crippen LogP contribution is -2.50. The summed E-state index contributed by atoms with van der Waals surface area (Å²) < 4.78 is 158. The fourth-order valence-electron chi connectivity index (χ4n) is 21.1. The number of thiophene rings is 1. The number of primary amides is 2. The number of aromatic nitrogens is 1. The Bertz CT molecular complexity index is 5330. The van der Waals surface area contributed by atoms with Crippen LogP contribution in [0.25, 0.3) is 0 Å². The molecule has 6 aromatic carbocycles. The number of hydrogen-bond acceptors (Lipinski definition) is 14. The molecule has 9 N–H and O–H groups in total. The number of halogens is 12. The number of amides is 6. The van der Waals surface area contributed by atoms with Gasteiger partial charge in [-0.2, -0.15) is 52.7 Å². The summed E-state index contributed by atoms with van der Waals surface area (Å²) >= 11 is 2.58. The largest absolute Gasteiger partial charge is 0.421 e. The number of nitrogens with zero attached hydrogens (tertiary/aromatic N) is 5. The summed E-state index contributed by atoms with van der Waals surface area (Å²) in [7, 11) is 0. The van der Waals surface area contributed by atoms with E-state index < -0.39 is 69.9 Å². The molecule has 8 aromatic rings. The van der Waals surface area contributed by atoms with E-state index >= 15 is 0 Å². The van der Waals surface area contributed by atoms with Gasteiger partial charge in [0.2, 0.25) is 5.91 Å². The number of benzene rings is 6. The van der Waals surface area contributed by atoms with Gasteiger partial charge in [-0.1, -0.05) is 97.1 Å². The first-order valence-corrected chi connectivity index (χ1v) is 47.7. The number of nitrogens with two attached hydrogens (primary N) is 2. The highest BCUT2D eigenvalue weighted by atomic mass is 32.1. The smallest absolute Gasteiger partial charge is 0.384 e. The van der Waals surface area contributed by atoms with Crippen molar-refractivity contribution in [1.82, 2.24) is 24.6 Å². The van der Waals surface area contributed by atoms with Crippen LogP contribution in [0.1, 0.15) is 301 Å². The van der Waals surface area contributed by atoms with Crippen molar-refractivity contribution < 1.29 is 107 Å². The Morgan fingerprint density at radius 2 is 0.632 bits per heavy atom. The fraction of sp³-hybridized carbons (Fsp3) is 0.515. The molecule has 2 spiro atoms. The van der Waals surface area contributed by atoms with Crippen LogP contribution in [-0.2, 0) is 61.9 Å². The monoisotopic (exact) mass is 1890 g/mol. The van der Waals surface area contributed by atoms with E-state index in [2.05, 4.69) is 53.5 Å². The summed E-state index contributed by atoms with van der Waals surface area (Å²) in [6.07, 6.45) is 4.97. The summed E-state index contributed by atoms with van der Waals surface area (Å²) in [4.78, 5) is 90.3. The van der Waals surface area contributed by atoms with Gasteiger partial charge in [0.25, 0.3) is 29.5 Å². The highest BCUT2D eigenvalue weighted by molar-refractivity contribution is 7.14. The number of aliphatic hydroxyl groups is 5. The van der Waals surface area contributed by atoms with Crippen LogP contribution in [0.2, 0.25) is 0 Å². The van der Waals surface area contributed by atoms with Crippen LogP contribution in [-0.4, -0.2) is 159 Å². The Labute approximate surface area is 772 Å². The number of fused-ring (bicyclic) bond motifs is 4. The van der Waals surface area contributed by atoms with Crippen molar-refractivity contribution in [2.24, 2.45) is 11.5 Å². The minimum Gasteiger partial charge on any atom is -0.384 e. The molecule has 0 radical (unpaired) electrons. The third-order valence-corrected chi connectivity index (χ3v) is 32.2. The Hall–Kier alpha value is -9.57. The van der Waals surface area contributed by atoms with Gasteiger partial charge in [-0.25, -0.2) is 4.98 Å². The molecule has 32 heteroatoms. The number of hydrogen-bond donors (Lipinski definition) is 7. The maximum atomic E-state index is 13.4. The van der Waals surface area contributed by atoms with Crippen molar-refractivity contribution in [2.75, 3.05) is 0 Å². The van der Waals surface area contributed by atoms with Crippen LogP contribution < -0.4 is 11.5 Å². The third kappa shape index (κ3) is 19.9. The van der Waals surface area contributed by atoms with E-state index in [9.17, 15) is 107 Å². The second-order valence-corrected chi connectivity index (χ2v) is 40.8. The molecule has 0 aliphatic heterocycles. The van der Waals surface area contributed by atoms with Crippen LogP contribution in [0, 0.1) is 0 Å². The molecule has 0 bridgehead atoms. The molecule has 133 heavy (non-hydrogen) atoms. The third-order valence-electron chi connectivity index (χ3n) is 30.3. The SMILES string of the molecule is C[C@](O)(c1ccc(C(=O)N(C2CC2)C2CCC(C(N)=O)(c3cscn3)CC2)cc1)C(F)(F)F.C[C@](O)(c1ccc(C(=O)N(C2CC2)C2CCC(O)(c3ccc(C(N)=O)s3)CC2)cc1)C(F)(F)F.C[C@](O)(c1ccc(C(=O)N(C2CC2)C2CCC3(CCc4ccccc43)CC2)cc1)C(F)(F)F.C[C@](O)(c1ccc(C(=O)N(C2CC2)C2CCC3(CCc4ccccc43)CC2)cc1)C(F)(F)F. The predicted molar refractivity (Wildman–Crippen MR) is 477 cm³/mol. The molecular weight excluding hydrogens is 1780 g/mol. The van der Waals surface area contributed by atoms with Gasteiger partial charge in [-0.3, -0.25) is 28.8 Å². The Kier molecular flexibility index (Phi) is 27.4. The zero-order valence-electron chi connectivity index (χ0n) is 74.5. The Morgan fingerprint density at radius 1 is 0.361 bits per heavy atom. The van der Waals surface area contributed by atoms with Crippen LogP contribution >= 0.6 is 22.7 Å². The quantitative estimate of drug-likeness (QED) is 0.0351. The summed E-state index contributed by atoms with van der Waals surface area (Å²) in [6, 6.07) is 42.0. The van der Waals surface area contributed by atoms with Crippen molar-refractivity contribution >= 4 is 58.1 Å². The van der Waals surface area contributed by atoms with E-state index in [1.165, 1.54) is 131 Å². The van der Waals surface area contributed by atoms with Gasteiger partial charge in [-0.05, 0) is 323 Å². The molecule has 18 rings (SSSR count). The van der Waals surface area contributed by atoms with E-state index in [-0.39, 0.29) is 116 Å². The molecule has 2 heterocycles. The number of aryl methyl sites for hydroxylation is 2. The normalized spacial score (nSPS) is 25.9. The molecule has 8 fully saturated rings. The molecule has 2 aromatic heterocycles. The molecule has 10 aliphatic carbocycles. The van der Waals surface area contributed by atoms with Gasteiger partial charge in [0.1, 0.15) is 0 Å².